The predicted octanol–water partition coefficient (Wildman–Crippen LogP) is 1.97. The number of aryl methyl sites for hydroxylation is 1. The number of benzene rings is 1. The van der Waals surface area contributed by atoms with Crippen molar-refractivity contribution in [2.75, 3.05) is 11.5 Å². The molecule has 1 amide bonds. The molecule has 24 heavy (non-hydrogen) atoms. The molecule has 1 aliphatic heterocycles. The highest BCUT2D eigenvalue weighted by Gasteiger charge is 2.28. The smallest absolute Gasteiger partial charge is 0.220 e. The van der Waals surface area contributed by atoms with Crippen LogP contribution in [0.4, 0.5) is 0 Å². The molecule has 1 fully saturated rings. The topological polar surface area (TPSA) is 89.3 Å². The molecule has 1 aromatic carbocycles. The van der Waals surface area contributed by atoms with E-state index in [4.69, 9.17) is 4.42 Å². The van der Waals surface area contributed by atoms with E-state index in [1.807, 2.05) is 30.3 Å². The van der Waals surface area contributed by atoms with Gasteiger partial charge in [-0.25, -0.2) is 13.4 Å². The summed E-state index contributed by atoms with van der Waals surface area (Å²) in [7, 11) is -2.97. The van der Waals surface area contributed by atoms with Crippen LogP contribution in [-0.4, -0.2) is 36.9 Å². The van der Waals surface area contributed by atoms with Crippen molar-refractivity contribution >= 4 is 15.7 Å². The van der Waals surface area contributed by atoms with Crippen LogP contribution in [0.1, 0.15) is 25.2 Å². The van der Waals surface area contributed by atoms with Crippen molar-refractivity contribution in [3.05, 3.63) is 42.4 Å². The monoisotopic (exact) mass is 348 g/mol. The molecule has 1 aliphatic rings. The fourth-order valence-electron chi connectivity index (χ4n) is 2.77. The zero-order chi connectivity index (χ0) is 17.0. The van der Waals surface area contributed by atoms with Crippen LogP contribution >= 0.6 is 0 Å². The van der Waals surface area contributed by atoms with Crippen molar-refractivity contribution < 1.29 is 17.6 Å². The molecular formula is C17H20N2O4S. The van der Waals surface area contributed by atoms with Crippen LogP contribution in [0, 0.1) is 0 Å². The highest BCUT2D eigenvalue weighted by atomic mass is 32.2. The third-order valence-corrected chi connectivity index (χ3v) is 5.77. The first-order valence-corrected chi connectivity index (χ1v) is 9.84. The zero-order valence-electron chi connectivity index (χ0n) is 13.3. The minimum Gasteiger partial charge on any atom is -0.441 e. The first-order chi connectivity index (χ1) is 11.5. The quantitative estimate of drug-likeness (QED) is 0.862. The predicted molar refractivity (Wildman–Crippen MR) is 90.1 cm³/mol. The second-order valence-electron chi connectivity index (χ2n) is 6.01. The molecule has 7 heteroatoms. The first kappa shape index (κ1) is 16.7. The van der Waals surface area contributed by atoms with Crippen molar-refractivity contribution in [3.63, 3.8) is 0 Å². The van der Waals surface area contributed by atoms with Crippen molar-refractivity contribution in [1.82, 2.24) is 10.3 Å². The van der Waals surface area contributed by atoms with Gasteiger partial charge in [-0.1, -0.05) is 30.3 Å². The van der Waals surface area contributed by atoms with Gasteiger partial charge in [0.15, 0.2) is 21.5 Å². The SMILES string of the molecule is O=C(CCCc1ncc(-c2ccccc2)o1)NC1CCS(=O)(=O)C1. The minimum absolute atomic E-state index is 0.0545. The Morgan fingerprint density at radius 3 is 2.79 bits per heavy atom. The number of hydrogen-bond acceptors (Lipinski definition) is 5. The van der Waals surface area contributed by atoms with Gasteiger partial charge in [0.1, 0.15) is 0 Å². The fraction of sp³-hybridized carbons (Fsp3) is 0.412. The molecule has 2 aromatic rings. The second-order valence-corrected chi connectivity index (χ2v) is 8.23. The molecule has 1 unspecified atom stereocenters. The van der Waals surface area contributed by atoms with Crippen LogP contribution in [0.5, 0.6) is 0 Å². The number of amides is 1. The van der Waals surface area contributed by atoms with E-state index in [0.29, 0.717) is 37.3 Å². The molecule has 0 bridgehead atoms. The molecule has 3 rings (SSSR count). The molecule has 6 nitrogen and oxygen atoms in total. The summed E-state index contributed by atoms with van der Waals surface area (Å²) in [6, 6.07) is 9.47. The van der Waals surface area contributed by atoms with Gasteiger partial charge in [-0.05, 0) is 12.8 Å². The first-order valence-electron chi connectivity index (χ1n) is 8.02. The number of nitrogens with zero attached hydrogens (tertiary/aromatic N) is 1. The molecule has 1 aromatic heterocycles. The lowest BCUT2D eigenvalue weighted by molar-refractivity contribution is -0.121. The third-order valence-electron chi connectivity index (χ3n) is 4.00. The van der Waals surface area contributed by atoms with Crippen LogP contribution in [-0.2, 0) is 21.1 Å². The Bertz CT molecular complexity index is 799. The van der Waals surface area contributed by atoms with Gasteiger partial charge in [0.25, 0.3) is 0 Å². The lowest BCUT2D eigenvalue weighted by Crippen LogP contribution is -2.35. The van der Waals surface area contributed by atoms with Crippen molar-refractivity contribution in [2.24, 2.45) is 0 Å². The van der Waals surface area contributed by atoms with Crippen LogP contribution < -0.4 is 5.32 Å². The maximum atomic E-state index is 11.9. The van der Waals surface area contributed by atoms with E-state index in [2.05, 4.69) is 10.3 Å². The van der Waals surface area contributed by atoms with Crippen LogP contribution in [0.3, 0.4) is 0 Å². The Labute approximate surface area is 141 Å². The Balaban J connectivity index is 1.44. The number of aromatic nitrogens is 1. The summed E-state index contributed by atoms with van der Waals surface area (Å²) in [6.45, 7) is 0. The van der Waals surface area contributed by atoms with Gasteiger partial charge in [0.2, 0.25) is 5.91 Å². The van der Waals surface area contributed by atoms with Crippen molar-refractivity contribution in [1.29, 1.82) is 0 Å². The van der Waals surface area contributed by atoms with Crippen LogP contribution in [0.25, 0.3) is 11.3 Å². The second kappa shape index (κ2) is 7.17. The molecular weight excluding hydrogens is 328 g/mol. The van der Waals surface area contributed by atoms with Gasteiger partial charge >= 0.3 is 0 Å². The summed E-state index contributed by atoms with van der Waals surface area (Å²) < 4.78 is 28.4. The number of carbonyl (C=O) groups is 1. The van der Waals surface area contributed by atoms with Crippen molar-refractivity contribution in [2.45, 2.75) is 31.7 Å². The van der Waals surface area contributed by atoms with Crippen LogP contribution in [0.2, 0.25) is 0 Å². The Kier molecular flexibility index (Phi) is 4.99. The maximum Gasteiger partial charge on any atom is 0.220 e. The zero-order valence-corrected chi connectivity index (χ0v) is 14.1. The highest BCUT2D eigenvalue weighted by molar-refractivity contribution is 7.91. The number of rotatable bonds is 6. The van der Waals surface area contributed by atoms with E-state index in [9.17, 15) is 13.2 Å². The Morgan fingerprint density at radius 2 is 2.08 bits per heavy atom. The standard InChI is InChI=1S/C17H20N2O4S/c20-16(19-14-9-10-24(21,22)12-14)7-4-8-17-18-11-15(23-17)13-5-2-1-3-6-13/h1-3,5-6,11,14H,4,7-10,12H2,(H,19,20). The van der Waals surface area contributed by atoms with Gasteiger partial charge < -0.3 is 9.73 Å². The minimum atomic E-state index is -2.97. The number of hydrogen-bond donors (Lipinski definition) is 1. The normalized spacial score (nSPS) is 19.2. The van der Waals surface area contributed by atoms with Gasteiger partial charge in [0.05, 0.1) is 17.7 Å². The average molecular weight is 348 g/mol. The molecule has 0 saturated carbocycles. The van der Waals surface area contributed by atoms with E-state index >= 15 is 0 Å². The van der Waals surface area contributed by atoms with E-state index in [1.165, 1.54) is 0 Å². The lowest BCUT2D eigenvalue weighted by atomic mass is 10.2. The van der Waals surface area contributed by atoms with E-state index < -0.39 is 9.84 Å². The summed E-state index contributed by atoms with van der Waals surface area (Å²) in [6.07, 6.45) is 3.71. The summed E-state index contributed by atoms with van der Waals surface area (Å²) in [5.74, 6) is 1.42. The molecule has 0 spiro atoms. The van der Waals surface area contributed by atoms with E-state index in [-0.39, 0.29) is 23.5 Å². The summed E-state index contributed by atoms with van der Waals surface area (Å²) >= 11 is 0. The van der Waals surface area contributed by atoms with Crippen LogP contribution in [0.15, 0.2) is 40.9 Å². The van der Waals surface area contributed by atoms with Gasteiger partial charge in [-0.15, -0.1) is 0 Å². The molecule has 1 N–H and O–H groups in total. The number of oxazole rings is 1. The summed E-state index contributed by atoms with van der Waals surface area (Å²) in [4.78, 5) is 16.1. The van der Waals surface area contributed by atoms with E-state index in [0.717, 1.165) is 5.56 Å². The lowest BCUT2D eigenvalue weighted by Gasteiger charge is -2.10. The molecule has 2 heterocycles. The fourth-order valence-corrected chi connectivity index (χ4v) is 4.44. The average Bonchev–Trinajstić information content (AvgIpc) is 3.15. The van der Waals surface area contributed by atoms with Gasteiger partial charge in [0, 0.05) is 24.4 Å². The molecule has 1 atom stereocenters. The number of carbonyl (C=O) groups excluding carboxylic acids is 1. The van der Waals surface area contributed by atoms with Crippen molar-refractivity contribution in [3.8, 4) is 11.3 Å². The summed E-state index contributed by atoms with van der Waals surface area (Å²) in [5.41, 5.74) is 0.969. The molecule has 0 radical (unpaired) electrons. The molecule has 0 aliphatic carbocycles. The summed E-state index contributed by atoms with van der Waals surface area (Å²) in [5, 5.41) is 2.78. The number of nitrogens with one attached hydrogen (secondary N) is 1. The largest absolute Gasteiger partial charge is 0.441 e. The Hall–Kier alpha value is -2.15. The third kappa shape index (κ3) is 4.44. The van der Waals surface area contributed by atoms with Gasteiger partial charge in [-0.2, -0.15) is 0 Å². The van der Waals surface area contributed by atoms with Gasteiger partial charge in [-0.3, -0.25) is 4.79 Å². The molecule has 1 saturated heterocycles. The highest BCUT2D eigenvalue weighted by Crippen LogP contribution is 2.20. The molecule has 128 valence electrons. The Morgan fingerprint density at radius 1 is 1.29 bits per heavy atom. The maximum absolute atomic E-state index is 11.9. The van der Waals surface area contributed by atoms with E-state index in [1.54, 1.807) is 6.20 Å². The number of sulfone groups is 1.